The molecule has 0 aromatic carbocycles. The van der Waals surface area contributed by atoms with Gasteiger partial charge in [-0.05, 0) is 46.9 Å². The summed E-state index contributed by atoms with van der Waals surface area (Å²) in [5, 5.41) is 16.1. The van der Waals surface area contributed by atoms with Crippen molar-refractivity contribution in [2.75, 3.05) is 0 Å². The predicted molar refractivity (Wildman–Crippen MR) is 100 cm³/mol. The van der Waals surface area contributed by atoms with Crippen LogP contribution in [0.5, 0.6) is 0 Å². The van der Waals surface area contributed by atoms with Crippen LogP contribution in [0.4, 0.5) is 0 Å². The first-order valence-electron chi connectivity index (χ1n) is 8.88. The van der Waals surface area contributed by atoms with Gasteiger partial charge in [0.1, 0.15) is 0 Å². The molecule has 0 aliphatic rings. The molecule has 0 spiro atoms. The topological polar surface area (TPSA) is 51.6 Å². The summed E-state index contributed by atoms with van der Waals surface area (Å²) in [6, 6.07) is 4.20. The van der Waals surface area contributed by atoms with Crippen molar-refractivity contribution in [3.05, 3.63) is 47.0 Å². The summed E-state index contributed by atoms with van der Waals surface area (Å²) in [7, 11) is 0. The molecule has 2 aromatic heterocycles. The van der Waals surface area contributed by atoms with Crippen molar-refractivity contribution in [1.29, 1.82) is 0 Å². The Morgan fingerprint density at radius 1 is 0.708 bits per heavy atom. The van der Waals surface area contributed by atoms with Crippen molar-refractivity contribution >= 4 is 0 Å². The van der Waals surface area contributed by atoms with Crippen LogP contribution in [0.1, 0.15) is 102 Å². The number of hydrogen-bond donors (Lipinski definition) is 0. The molecule has 2 rings (SSSR count). The molecular formula is C20H32N4. The molecule has 2 heterocycles. The molecule has 0 aliphatic heterocycles. The minimum absolute atomic E-state index is 0.469. The van der Waals surface area contributed by atoms with Gasteiger partial charge in [-0.3, -0.25) is 0 Å². The zero-order valence-electron chi connectivity index (χ0n) is 16.4. The first-order valence-corrected chi connectivity index (χ1v) is 8.88. The number of nitrogens with zero attached hydrogens (tertiary/aromatic N) is 4. The van der Waals surface area contributed by atoms with E-state index in [0.717, 1.165) is 11.4 Å². The lowest BCUT2D eigenvalue weighted by Crippen LogP contribution is -2.02. The number of rotatable bonds is 4. The Morgan fingerprint density at radius 2 is 1.38 bits per heavy atom. The summed E-state index contributed by atoms with van der Waals surface area (Å²) in [5.74, 6) is 2.02. The van der Waals surface area contributed by atoms with Gasteiger partial charge in [0.25, 0.3) is 0 Å². The van der Waals surface area contributed by atoms with Crippen LogP contribution in [0, 0.1) is 0 Å². The van der Waals surface area contributed by atoms with Crippen molar-refractivity contribution in [3.63, 3.8) is 0 Å². The van der Waals surface area contributed by atoms with Gasteiger partial charge in [-0.2, -0.15) is 20.4 Å². The molecule has 0 unspecified atom stereocenters. The highest BCUT2D eigenvalue weighted by molar-refractivity contribution is 5.23. The lowest BCUT2D eigenvalue weighted by molar-refractivity contribution is 0.729. The number of hydrogen-bond acceptors (Lipinski definition) is 4. The van der Waals surface area contributed by atoms with Gasteiger partial charge in [0.05, 0.1) is 17.6 Å². The van der Waals surface area contributed by atoms with Crippen molar-refractivity contribution in [1.82, 2.24) is 20.4 Å². The van der Waals surface area contributed by atoms with Crippen LogP contribution >= 0.6 is 0 Å². The smallest absolute Gasteiger partial charge is 0.0690 e. The molecule has 24 heavy (non-hydrogen) atoms. The minimum Gasteiger partial charge on any atom is -0.159 e. The highest BCUT2D eigenvalue weighted by atomic mass is 15.1. The van der Waals surface area contributed by atoms with E-state index in [1.165, 1.54) is 11.1 Å². The molecule has 0 fully saturated rings. The molecule has 0 bridgehead atoms. The van der Waals surface area contributed by atoms with E-state index in [4.69, 9.17) is 0 Å². The molecule has 4 heteroatoms. The first-order chi connectivity index (χ1) is 11.2. The SMILES string of the molecule is CC(C)c1ccnnc1C(C)C.CC(C)c1cnnc(C(C)C)c1. The third-order valence-electron chi connectivity index (χ3n) is 3.90. The Bertz CT molecular complexity index is 568. The Kier molecular flexibility index (Phi) is 7.96. The van der Waals surface area contributed by atoms with Gasteiger partial charge in [-0.25, -0.2) is 0 Å². The van der Waals surface area contributed by atoms with Gasteiger partial charge >= 0.3 is 0 Å². The standard InChI is InChI=1S/2C10H16N2/c1-7(2)9-5-10(8(3)4)12-11-6-9;1-7(2)9-5-6-11-12-10(9)8(3)4/h2*5-8H,1-4H3. The van der Waals surface area contributed by atoms with Crippen LogP contribution in [0.25, 0.3) is 0 Å². The van der Waals surface area contributed by atoms with Crippen LogP contribution in [-0.4, -0.2) is 20.4 Å². The summed E-state index contributed by atoms with van der Waals surface area (Å²) in [5.41, 5.74) is 4.81. The van der Waals surface area contributed by atoms with Crippen molar-refractivity contribution in [2.24, 2.45) is 0 Å². The van der Waals surface area contributed by atoms with E-state index < -0.39 is 0 Å². The molecule has 4 nitrogen and oxygen atoms in total. The summed E-state index contributed by atoms with van der Waals surface area (Å²) in [4.78, 5) is 0. The zero-order chi connectivity index (χ0) is 18.3. The van der Waals surface area contributed by atoms with Crippen molar-refractivity contribution < 1.29 is 0 Å². The maximum atomic E-state index is 4.15. The fourth-order valence-electron chi connectivity index (χ4n) is 2.29. The summed E-state index contributed by atoms with van der Waals surface area (Å²) < 4.78 is 0. The summed E-state index contributed by atoms with van der Waals surface area (Å²) in [6.45, 7) is 17.3. The van der Waals surface area contributed by atoms with E-state index in [2.05, 4.69) is 87.9 Å². The average molecular weight is 329 g/mol. The third kappa shape index (κ3) is 5.99. The van der Waals surface area contributed by atoms with Crippen LogP contribution in [0.3, 0.4) is 0 Å². The van der Waals surface area contributed by atoms with Gasteiger partial charge in [0.15, 0.2) is 0 Å². The Morgan fingerprint density at radius 3 is 1.83 bits per heavy atom. The summed E-state index contributed by atoms with van der Waals surface area (Å²) in [6.07, 6.45) is 3.61. The second kappa shape index (κ2) is 9.45. The fourth-order valence-corrected chi connectivity index (χ4v) is 2.29. The summed E-state index contributed by atoms with van der Waals surface area (Å²) >= 11 is 0. The molecule has 0 atom stereocenters. The normalized spacial score (nSPS) is 11.2. The molecule has 0 saturated heterocycles. The van der Waals surface area contributed by atoms with Gasteiger partial charge in [-0.15, -0.1) is 0 Å². The predicted octanol–water partition coefficient (Wildman–Crippen LogP) is 5.45. The molecule has 0 saturated carbocycles. The maximum Gasteiger partial charge on any atom is 0.0690 e. The monoisotopic (exact) mass is 328 g/mol. The molecule has 0 radical (unpaired) electrons. The van der Waals surface area contributed by atoms with Gasteiger partial charge in [-0.1, -0.05) is 55.4 Å². The minimum atomic E-state index is 0.469. The van der Waals surface area contributed by atoms with E-state index in [0.29, 0.717) is 23.7 Å². The molecule has 0 N–H and O–H groups in total. The fraction of sp³-hybridized carbons (Fsp3) is 0.600. The first kappa shape index (κ1) is 20.2. The van der Waals surface area contributed by atoms with E-state index in [1.54, 1.807) is 6.20 Å². The van der Waals surface area contributed by atoms with Gasteiger partial charge < -0.3 is 0 Å². The molecule has 2 aromatic rings. The molecule has 132 valence electrons. The molecule has 0 aliphatic carbocycles. The lowest BCUT2D eigenvalue weighted by Gasteiger charge is -2.12. The van der Waals surface area contributed by atoms with Crippen LogP contribution in [-0.2, 0) is 0 Å². The van der Waals surface area contributed by atoms with E-state index in [-0.39, 0.29) is 0 Å². The highest BCUT2D eigenvalue weighted by Gasteiger charge is 2.10. The van der Waals surface area contributed by atoms with Crippen LogP contribution < -0.4 is 0 Å². The Labute approximate surface area is 147 Å². The second-order valence-corrected chi connectivity index (χ2v) is 7.40. The Balaban J connectivity index is 0.000000240. The molecule has 0 amide bonds. The lowest BCUT2D eigenvalue weighted by atomic mass is 9.96. The van der Waals surface area contributed by atoms with Crippen molar-refractivity contribution in [2.45, 2.75) is 79.1 Å². The highest BCUT2D eigenvalue weighted by Crippen LogP contribution is 2.22. The van der Waals surface area contributed by atoms with Crippen LogP contribution in [0.15, 0.2) is 24.5 Å². The molecular weight excluding hydrogens is 296 g/mol. The maximum absolute atomic E-state index is 4.15. The zero-order valence-corrected chi connectivity index (χ0v) is 16.4. The third-order valence-corrected chi connectivity index (χ3v) is 3.90. The quantitative estimate of drug-likeness (QED) is 0.749. The van der Waals surface area contributed by atoms with E-state index in [1.807, 2.05) is 6.20 Å². The van der Waals surface area contributed by atoms with Gasteiger partial charge in [0, 0.05) is 6.20 Å². The van der Waals surface area contributed by atoms with E-state index >= 15 is 0 Å². The van der Waals surface area contributed by atoms with Crippen LogP contribution in [0.2, 0.25) is 0 Å². The van der Waals surface area contributed by atoms with E-state index in [9.17, 15) is 0 Å². The van der Waals surface area contributed by atoms with Gasteiger partial charge in [0.2, 0.25) is 0 Å². The second-order valence-electron chi connectivity index (χ2n) is 7.40. The largest absolute Gasteiger partial charge is 0.159 e. The average Bonchev–Trinajstić information content (AvgIpc) is 2.55. The number of aromatic nitrogens is 4. The Hall–Kier alpha value is -1.84. The van der Waals surface area contributed by atoms with Crippen molar-refractivity contribution in [3.8, 4) is 0 Å².